The molecule has 1 aromatic rings. The third-order valence-corrected chi connectivity index (χ3v) is 4.67. The summed E-state index contributed by atoms with van der Waals surface area (Å²) in [4.78, 5) is 33.1. The molecule has 0 fully saturated rings. The molecule has 10 nitrogen and oxygen atoms in total. The molecule has 2 atom stereocenters. The summed E-state index contributed by atoms with van der Waals surface area (Å²) in [6.45, 7) is -0.117. The van der Waals surface area contributed by atoms with Crippen LogP contribution < -0.4 is 17.2 Å². The lowest BCUT2D eigenvalue weighted by Gasteiger charge is -2.15. The highest BCUT2D eigenvalue weighted by Crippen LogP contribution is 2.18. The number of Topliss-reactive ketones (excluding diaryl/α,β-unsaturated/α-hetero) is 1. The molecule has 0 saturated heterocycles. The van der Waals surface area contributed by atoms with Crippen LogP contribution in [0.1, 0.15) is 33.6 Å². The van der Waals surface area contributed by atoms with Crippen LogP contribution in [0.2, 0.25) is 0 Å². The topological polar surface area (TPSA) is 193 Å². The maximum absolute atomic E-state index is 11.4. The van der Waals surface area contributed by atoms with Crippen molar-refractivity contribution in [1.29, 1.82) is 0 Å². The zero-order chi connectivity index (χ0) is 19.9. The van der Waals surface area contributed by atoms with Gasteiger partial charge in [0, 0.05) is 6.54 Å². The van der Waals surface area contributed by atoms with Gasteiger partial charge in [-0.15, -0.1) is 0 Å². The van der Waals surface area contributed by atoms with E-state index in [4.69, 9.17) is 21.8 Å². The molecule has 7 N–H and O–H groups in total. The molecule has 0 saturated carbocycles. The van der Waals surface area contributed by atoms with Crippen LogP contribution in [0.15, 0.2) is 24.3 Å². The number of ketones is 1. The summed E-state index contributed by atoms with van der Waals surface area (Å²) in [6, 6.07) is 5.58. The van der Waals surface area contributed by atoms with Crippen LogP contribution in [0.25, 0.3) is 0 Å². The van der Waals surface area contributed by atoms with E-state index >= 15 is 0 Å². The van der Waals surface area contributed by atoms with Crippen LogP contribution in [0.4, 0.5) is 0 Å². The highest BCUT2D eigenvalue weighted by atomic mass is 32.2. The van der Waals surface area contributed by atoms with Crippen molar-refractivity contribution in [3.63, 3.8) is 0 Å². The molecule has 0 spiro atoms. The first-order valence-corrected chi connectivity index (χ1v) is 9.15. The molecule has 1 aromatic carbocycles. The second-order valence-corrected chi connectivity index (χ2v) is 7.00. The first-order valence-electron chi connectivity index (χ1n) is 7.64. The van der Waals surface area contributed by atoms with Crippen LogP contribution in [0.5, 0.6) is 0 Å². The van der Waals surface area contributed by atoms with Crippen molar-refractivity contribution in [3.8, 4) is 0 Å². The number of nitrogens with two attached hydrogens (primary N) is 3. The van der Waals surface area contributed by atoms with Gasteiger partial charge in [-0.2, -0.15) is 8.42 Å². The normalized spacial score (nSPS) is 15.4. The van der Waals surface area contributed by atoms with E-state index in [2.05, 4.69) is 4.74 Å². The summed E-state index contributed by atoms with van der Waals surface area (Å²) in [5, 5.41) is -1.63. The minimum absolute atomic E-state index is 0.279. The summed E-state index contributed by atoms with van der Waals surface area (Å²) in [6.07, 6.45) is 0.789. The molecule has 144 valence electrons. The molecule has 26 heavy (non-hydrogen) atoms. The maximum atomic E-state index is 11.4. The van der Waals surface area contributed by atoms with Gasteiger partial charge in [-0.05, 0) is 31.5 Å². The third kappa shape index (κ3) is 5.68. The van der Waals surface area contributed by atoms with Crippen LogP contribution in [-0.4, -0.2) is 55.1 Å². The minimum atomic E-state index is -4.47. The fourth-order valence-electron chi connectivity index (χ4n) is 2.14. The van der Waals surface area contributed by atoms with E-state index in [0.717, 1.165) is 0 Å². The Morgan fingerprint density at radius 3 is 2.00 bits per heavy atom. The number of fused-ring (bicyclic) bond motifs is 1. The van der Waals surface area contributed by atoms with Crippen molar-refractivity contribution < 1.29 is 32.1 Å². The van der Waals surface area contributed by atoms with E-state index in [0.29, 0.717) is 24.1 Å². The zero-order valence-corrected chi connectivity index (χ0v) is 14.6. The van der Waals surface area contributed by atoms with Crippen LogP contribution in [0, 0.1) is 0 Å². The van der Waals surface area contributed by atoms with Crippen LogP contribution in [0.3, 0.4) is 0 Å². The van der Waals surface area contributed by atoms with Crippen molar-refractivity contribution in [1.82, 2.24) is 0 Å². The van der Waals surface area contributed by atoms with Crippen molar-refractivity contribution in [2.75, 3.05) is 13.1 Å². The van der Waals surface area contributed by atoms with Gasteiger partial charge in [0.25, 0.3) is 10.1 Å². The Morgan fingerprint density at radius 2 is 1.62 bits per heavy atom. The summed E-state index contributed by atoms with van der Waals surface area (Å²) in [5.41, 5.74) is 16.5. The predicted molar refractivity (Wildman–Crippen MR) is 91.8 cm³/mol. The summed E-state index contributed by atoms with van der Waals surface area (Å²) >= 11 is 0. The number of cyclic esters (lactones) is 2. The lowest BCUT2D eigenvalue weighted by molar-refractivity contribution is -0.120. The number of carbonyl (C=O) groups is 3. The Hall–Kier alpha value is -2.18. The van der Waals surface area contributed by atoms with Crippen molar-refractivity contribution in [2.24, 2.45) is 17.2 Å². The molecular formula is C15H21N3O7S. The van der Waals surface area contributed by atoms with E-state index in [1.807, 2.05) is 0 Å². The van der Waals surface area contributed by atoms with E-state index in [1.54, 1.807) is 24.3 Å². The zero-order valence-electron chi connectivity index (χ0n) is 13.8. The standard InChI is InChI=1S/C8H4O3.C7H17N3O4S/c9-7-5-3-1-2-4-6(5)8(10)11-7;8-3-1-2-5(10)7(11)6(4-9)15(12,13)14/h1-4H;5-6H,1-4,8-10H2,(H,12,13,14). The van der Waals surface area contributed by atoms with Crippen molar-refractivity contribution in [2.45, 2.75) is 24.1 Å². The van der Waals surface area contributed by atoms with Gasteiger partial charge in [0.15, 0.2) is 11.0 Å². The molecule has 1 aliphatic rings. The van der Waals surface area contributed by atoms with Crippen LogP contribution in [-0.2, 0) is 19.6 Å². The summed E-state index contributed by atoms with van der Waals surface area (Å²) in [7, 11) is -4.47. The third-order valence-electron chi connectivity index (χ3n) is 3.53. The lowest BCUT2D eigenvalue weighted by atomic mass is 10.1. The molecule has 11 heteroatoms. The summed E-state index contributed by atoms with van der Waals surface area (Å²) in [5.74, 6) is -1.87. The van der Waals surface area contributed by atoms with Gasteiger partial charge in [0.2, 0.25) is 0 Å². The van der Waals surface area contributed by atoms with Gasteiger partial charge in [0.1, 0.15) is 0 Å². The van der Waals surface area contributed by atoms with E-state index in [9.17, 15) is 22.8 Å². The monoisotopic (exact) mass is 387 g/mol. The second kappa shape index (κ2) is 9.50. The molecule has 0 aliphatic carbocycles. The predicted octanol–water partition coefficient (Wildman–Crippen LogP) is -1.17. The number of benzene rings is 1. The first kappa shape index (κ1) is 21.9. The number of hydrogen-bond acceptors (Lipinski definition) is 9. The first-order chi connectivity index (χ1) is 12.1. The average Bonchev–Trinajstić information content (AvgIpc) is 2.87. The van der Waals surface area contributed by atoms with Crippen molar-refractivity contribution in [3.05, 3.63) is 35.4 Å². The van der Waals surface area contributed by atoms with Gasteiger partial charge in [-0.1, -0.05) is 12.1 Å². The molecule has 1 aliphatic heterocycles. The Bertz CT molecular complexity index is 746. The molecule has 0 amide bonds. The molecular weight excluding hydrogens is 366 g/mol. The number of esters is 2. The van der Waals surface area contributed by atoms with Gasteiger partial charge in [0.05, 0.1) is 17.2 Å². The lowest BCUT2D eigenvalue weighted by Crippen LogP contribution is -2.46. The van der Waals surface area contributed by atoms with Gasteiger partial charge >= 0.3 is 11.9 Å². The minimum Gasteiger partial charge on any atom is -0.386 e. The highest BCUT2D eigenvalue weighted by Gasteiger charge is 2.32. The Balaban J connectivity index is 0.000000269. The molecule has 2 rings (SSSR count). The number of hydrogen-bond donors (Lipinski definition) is 4. The molecule has 0 aromatic heterocycles. The summed E-state index contributed by atoms with van der Waals surface area (Å²) < 4.78 is 34.6. The van der Waals surface area contributed by atoms with E-state index < -0.39 is 45.7 Å². The van der Waals surface area contributed by atoms with Gasteiger partial charge in [-0.25, -0.2) is 9.59 Å². The fourth-order valence-corrected chi connectivity index (χ4v) is 2.85. The molecule has 0 bridgehead atoms. The van der Waals surface area contributed by atoms with E-state index in [1.165, 1.54) is 0 Å². The van der Waals surface area contributed by atoms with E-state index in [-0.39, 0.29) is 6.42 Å². The molecule has 0 radical (unpaired) electrons. The Kier molecular flexibility index (Phi) is 7.99. The highest BCUT2D eigenvalue weighted by molar-refractivity contribution is 7.87. The molecule has 1 heterocycles. The van der Waals surface area contributed by atoms with Crippen LogP contribution >= 0.6 is 0 Å². The number of rotatable bonds is 7. The maximum Gasteiger partial charge on any atom is 0.346 e. The SMILES string of the molecule is NCCCC(N)C(=O)C(CN)S(=O)(=O)O.O=C1OC(=O)c2ccccc21. The Morgan fingerprint density at radius 1 is 1.12 bits per heavy atom. The second-order valence-electron chi connectivity index (χ2n) is 5.40. The number of ether oxygens (including phenoxy) is 1. The number of carbonyl (C=O) groups excluding carboxylic acids is 3. The Labute approximate surface area is 150 Å². The van der Waals surface area contributed by atoms with Gasteiger partial charge < -0.3 is 21.9 Å². The quantitative estimate of drug-likeness (QED) is 0.252. The molecule has 2 unspecified atom stereocenters. The fraction of sp³-hybridized carbons (Fsp3) is 0.400. The van der Waals surface area contributed by atoms with Crippen molar-refractivity contribution >= 4 is 27.8 Å². The average molecular weight is 387 g/mol. The smallest absolute Gasteiger partial charge is 0.346 e. The largest absolute Gasteiger partial charge is 0.386 e. The van der Waals surface area contributed by atoms with Gasteiger partial charge in [-0.3, -0.25) is 9.35 Å².